The summed E-state index contributed by atoms with van der Waals surface area (Å²) in [5, 5.41) is 11.1. The summed E-state index contributed by atoms with van der Waals surface area (Å²) in [5.41, 5.74) is 1.32. The monoisotopic (exact) mass is 370 g/mol. The minimum absolute atomic E-state index is 0.303. The molecule has 0 saturated carbocycles. The summed E-state index contributed by atoms with van der Waals surface area (Å²) in [5.74, 6) is 0.838. The maximum Gasteiger partial charge on any atom is 0.191 e. The van der Waals surface area contributed by atoms with Crippen LogP contribution in [0, 0.1) is 0 Å². The van der Waals surface area contributed by atoms with Crippen LogP contribution < -0.4 is 10.6 Å². The van der Waals surface area contributed by atoms with Gasteiger partial charge in [0.25, 0.3) is 0 Å². The Labute approximate surface area is 161 Å². The van der Waals surface area contributed by atoms with Crippen molar-refractivity contribution in [1.29, 1.82) is 0 Å². The molecule has 146 valence electrons. The molecule has 1 saturated heterocycles. The van der Waals surface area contributed by atoms with Crippen molar-refractivity contribution in [2.24, 2.45) is 4.99 Å². The molecule has 1 aromatic carbocycles. The number of morpholine rings is 1. The third-order valence-corrected chi connectivity index (χ3v) is 4.77. The van der Waals surface area contributed by atoms with E-state index in [1.54, 1.807) is 0 Å². The molecule has 0 radical (unpaired) electrons. The quantitative estimate of drug-likeness (QED) is 0.419. The maximum absolute atomic E-state index is 5.52. The zero-order valence-corrected chi connectivity index (χ0v) is 16.1. The van der Waals surface area contributed by atoms with E-state index in [9.17, 15) is 0 Å². The SMILES string of the molecule is CN=C(NCCCn1cccn1)NCC(c1ccccc1)N1CCOCC1. The molecule has 0 aliphatic carbocycles. The van der Waals surface area contributed by atoms with Crippen molar-refractivity contribution < 1.29 is 4.74 Å². The second-order valence-electron chi connectivity index (χ2n) is 6.58. The van der Waals surface area contributed by atoms with E-state index >= 15 is 0 Å². The van der Waals surface area contributed by atoms with Gasteiger partial charge in [0.15, 0.2) is 5.96 Å². The van der Waals surface area contributed by atoms with Crippen LogP contribution in [0.15, 0.2) is 53.8 Å². The van der Waals surface area contributed by atoms with E-state index in [0.717, 1.165) is 58.3 Å². The van der Waals surface area contributed by atoms with Crippen molar-refractivity contribution in [2.45, 2.75) is 19.0 Å². The van der Waals surface area contributed by atoms with Crippen LogP contribution in [0.5, 0.6) is 0 Å². The first-order valence-electron chi connectivity index (χ1n) is 9.65. The minimum atomic E-state index is 0.303. The van der Waals surface area contributed by atoms with Crippen LogP contribution in [0.4, 0.5) is 0 Å². The molecule has 1 atom stereocenters. The number of aryl methyl sites for hydroxylation is 1. The van der Waals surface area contributed by atoms with Crippen molar-refractivity contribution in [1.82, 2.24) is 25.3 Å². The number of nitrogens with one attached hydrogen (secondary N) is 2. The largest absolute Gasteiger partial charge is 0.379 e. The van der Waals surface area contributed by atoms with Crippen molar-refractivity contribution in [3.8, 4) is 0 Å². The molecule has 2 aromatic rings. The number of rotatable bonds is 8. The summed E-state index contributed by atoms with van der Waals surface area (Å²) in [4.78, 5) is 6.85. The number of guanidine groups is 1. The summed E-state index contributed by atoms with van der Waals surface area (Å²) >= 11 is 0. The van der Waals surface area contributed by atoms with Crippen LogP contribution in [-0.4, -0.2) is 67.1 Å². The van der Waals surface area contributed by atoms with Crippen molar-refractivity contribution in [3.05, 3.63) is 54.4 Å². The smallest absolute Gasteiger partial charge is 0.191 e. The highest BCUT2D eigenvalue weighted by molar-refractivity contribution is 5.79. The predicted molar refractivity (Wildman–Crippen MR) is 108 cm³/mol. The average Bonchev–Trinajstić information content (AvgIpc) is 3.25. The summed E-state index contributed by atoms with van der Waals surface area (Å²) in [6.45, 7) is 6.06. The number of hydrogen-bond acceptors (Lipinski definition) is 4. The molecule has 3 rings (SSSR count). The Morgan fingerprint density at radius 1 is 1.19 bits per heavy atom. The second-order valence-corrected chi connectivity index (χ2v) is 6.58. The zero-order valence-electron chi connectivity index (χ0n) is 16.1. The van der Waals surface area contributed by atoms with Gasteiger partial charge in [-0.15, -0.1) is 0 Å². The molecular weight excluding hydrogens is 340 g/mol. The van der Waals surface area contributed by atoms with Crippen molar-refractivity contribution in [3.63, 3.8) is 0 Å². The topological polar surface area (TPSA) is 66.7 Å². The third kappa shape index (κ3) is 6.08. The highest BCUT2D eigenvalue weighted by Crippen LogP contribution is 2.20. The normalized spacial score (nSPS) is 16.9. The fourth-order valence-corrected chi connectivity index (χ4v) is 3.32. The van der Waals surface area contributed by atoms with Crippen LogP contribution in [-0.2, 0) is 11.3 Å². The van der Waals surface area contributed by atoms with Gasteiger partial charge in [-0.2, -0.15) is 5.10 Å². The highest BCUT2D eigenvalue weighted by Gasteiger charge is 2.22. The van der Waals surface area contributed by atoms with Gasteiger partial charge in [-0.1, -0.05) is 30.3 Å². The number of ether oxygens (including phenoxy) is 1. The summed E-state index contributed by atoms with van der Waals surface area (Å²) < 4.78 is 7.47. The van der Waals surface area contributed by atoms with Gasteiger partial charge < -0.3 is 15.4 Å². The van der Waals surface area contributed by atoms with Gasteiger partial charge in [0.05, 0.1) is 19.3 Å². The Hall–Kier alpha value is -2.38. The van der Waals surface area contributed by atoms with Gasteiger partial charge in [-0.3, -0.25) is 14.6 Å². The van der Waals surface area contributed by atoms with Crippen molar-refractivity contribution >= 4 is 5.96 Å². The molecule has 2 heterocycles. The first-order chi connectivity index (χ1) is 13.4. The molecule has 1 unspecified atom stereocenters. The molecule has 7 nitrogen and oxygen atoms in total. The molecule has 1 fully saturated rings. The molecule has 1 aromatic heterocycles. The molecule has 0 amide bonds. The minimum Gasteiger partial charge on any atom is -0.379 e. The van der Waals surface area contributed by atoms with Crippen LogP contribution in [0.2, 0.25) is 0 Å². The van der Waals surface area contributed by atoms with E-state index in [1.807, 2.05) is 30.2 Å². The Balaban J connectivity index is 1.50. The van der Waals surface area contributed by atoms with Crippen LogP contribution in [0.1, 0.15) is 18.0 Å². The number of aliphatic imine (C=N–C) groups is 1. The first kappa shape index (κ1) is 19.4. The van der Waals surface area contributed by atoms with Gasteiger partial charge >= 0.3 is 0 Å². The third-order valence-electron chi connectivity index (χ3n) is 4.77. The van der Waals surface area contributed by atoms with Gasteiger partial charge in [0.1, 0.15) is 0 Å². The summed E-state index contributed by atoms with van der Waals surface area (Å²) in [7, 11) is 1.81. The van der Waals surface area contributed by atoms with Gasteiger partial charge in [0.2, 0.25) is 0 Å². The van der Waals surface area contributed by atoms with Crippen LogP contribution >= 0.6 is 0 Å². The predicted octanol–water partition coefficient (Wildman–Crippen LogP) is 1.51. The van der Waals surface area contributed by atoms with Gasteiger partial charge in [-0.25, -0.2) is 0 Å². The lowest BCUT2D eigenvalue weighted by molar-refractivity contribution is 0.0170. The lowest BCUT2D eigenvalue weighted by atomic mass is 10.0. The Morgan fingerprint density at radius 2 is 2.00 bits per heavy atom. The van der Waals surface area contributed by atoms with Crippen LogP contribution in [0.25, 0.3) is 0 Å². The lowest BCUT2D eigenvalue weighted by Crippen LogP contribution is -2.46. The van der Waals surface area contributed by atoms with Gasteiger partial charge in [-0.05, 0) is 18.1 Å². The average molecular weight is 371 g/mol. The lowest BCUT2D eigenvalue weighted by Gasteiger charge is -2.35. The first-order valence-corrected chi connectivity index (χ1v) is 9.65. The fraction of sp³-hybridized carbons (Fsp3) is 0.500. The molecule has 1 aliphatic heterocycles. The fourth-order valence-electron chi connectivity index (χ4n) is 3.32. The molecule has 7 heteroatoms. The standard InChI is InChI=1S/C20H30N6O/c1-21-20(22-9-5-11-26-12-6-10-24-26)23-17-19(18-7-3-2-4-8-18)25-13-15-27-16-14-25/h2-4,6-8,10,12,19H,5,9,11,13-17H2,1H3,(H2,21,22,23). The molecule has 2 N–H and O–H groups in total. The number of nitrogens with zero attached hydrogens (tertiary/aromatic N) is 4. The van der Waals surface area contributed by atoms with E-state index < -0.39 is 0 Å². The zero-order chi connectivity index (χ0) is 18.7. The number of aromatic nitrogens is 2. The second kappa shape index (κ2) is 10.7. The van der Waals surface area contributed by atoms with E-state index in [2.05, 4.69) is 56.0 Å². The molecule has 1 aliphatic rings. The van der Waals surface area contributed by atoms with E-state index in [0.29, 0.717) is 6.04 Å². The summed E-state index contributed by atoms with van der Waals surface area (Å²) in [6.07, 6.45) is 4.79. The number of benzene rings is 1. The van der Waals surface area contributed by atoms with E-state index in [1.165, 1.54) is 5.56 Å². The highest BCUT2D eigenvalue weighted by atomic mass is 16.5. The maximum atomic E-state index is 5.52. The van der Waals surface area contributed by atoms with E-state index in [4.69, 9.17) is 4.74 Å². The molecule has 0 bridgehead atoms. The molecular formula is C20H30N6O. The Kier molecular flexibility index (Phi) is 7.68. The Bertz CT molecular complexity index is 667. The van der Waals surface area contributed by atoms with E-state index in [-0.39, 0.29) is 0 Å². The van der Waals surface area contributed by atoms with Gasteiger partial charge in [0, 0.05) is 52.2 Å². The molecule has 27 heavy (non-hydrogen) atoms. The molecule has 0 spiro atoms. The Morgan fingerprint density at radius 3 is 2.70 bits per heavy atom. The summed E-state index contributed by atoms with van der Waals surface area (Å²) in [6, 6.07) is 12.9. The van der Waals surface area contributed by atoms with Crippen molar-refractivity contribution in [2.75, 3.05) is 46.4 Å². The number of hydrogen-bond donors (Lipinski definition) is 2. The van der Waals surface area contributed by atoms with Crippen LogP contribution in [0.3, 0.4) is 0 Å².